The highest BCUT2D eigenvalue weighted by atomic mass is 16.5. The van der Waals surface area contributed by atoms with Crippen LogP contribution in [0.15, 0.2) is 0 Å². The van der Waals surface area contributed by atoms with Crippen LogP contribution in [-0.2, 0) is 4.74 Å². The maximum atomic E-state index is 10.2. The Labute approximate surface area is 72.3 Å². The van der Waals surface area contributed by atoms with Crippen molar-refractivity contribution in [2.45, 2.75) is 31.3 Å². The molecule has 1 unspecified atom stereocenters. The van der Waals surface area contributed by atoms with E-state index < -0.39 is 5.60 Å². The number of aliphatic hydroxyl groups excluding tert-OH is 1. The lowest BCUT2D eigenvalue weighted by Crippen LogP contribution is -2.55. The van der Waals surface area contributed by atoms with Crippen LogP contribution in [0.4, 0.5) is 0 Å². The minimum Gasteiger partial charge on any atom is -0.396 e. The van der Waals surface area contributed by atoms with Crippen LogP contribution in [-0.4, -0.2) is 35.6 Å². The Kier molecular flexibility index (Phi) is 1.90. The zero-order valence-electron chi connectivity index (χ0n) is 7.25. The molecule has 1 saturated heterocycles. The van der Waals surface area contributed by atoms with Gasteiger partial charge in [-0.2, -0.15) is 0 Å². The van der Waals surface area contributed by atoms with E-state index in [0.717, 1.165) is 19.3 Å². The molecule has 2 aliphatic rings. The molecule has 1 heterocycles. The molecule has 1 aliphatic heterocycles. The largest absolute Gasteiger partial charge is 0.396 e. The van der Waals surface area contributed by atoms with Gasteiger partial charge in [-0.25, -0.2) is 0 Å². The standard InChI is InChI=1S/C9H16O3/c10-6-8(2-1-3-8)9(11)4-5-12-7-9/h10-11H,1-7H2. The summed E-state index contributed by atoms with van der Waals surface area (Å²) >= 11 is 0. The highest BCUT2D eigenvalue weighted by Gasteiger charge is 2.55. The monoisotopic (exact) mass is 172 g/mol. The third kappa shape index (κ3) is 0.934. The van der Waals surface area contributed by atoms with Crippen molar-refractivity contribution in [3.8, 4) is 0 Å². The molecule has 0 aromatic rings. The SMILES string of the molecule is OCC1(C2(O)CCOC2)CCC1. The van der Waals surface area contributed by atoms with E-state index >= 15 is 0 Å². The maximum absolute atomic E-state index is 10.2. The molecule has 0 amide bonds. The van der Waals surface area contributed by atoms with Gasteiger partial charge in [-0.3, -0.25) is 0 Å². The normalized spacial score (nSPS) is 39.5. The molecule has 1 saturated carbocycles. The van der Waals surface area contributed by atoms with E-state index in [1.165, 1.54) is 0 Å². The molecule has 0 aromatic heterocycles. The first-order valence-corrected chi connectivity index (χ1v) is 4.63. The van der Waals surface area contributed by atoms with Gasteiger partial charge in [-0.1, -0.05) is 6.42 Å². The minimum absolute atomic E-state index is 0.104. The van der Waals surface area contributed by atoms with E-state index in [2.05, 4.69) is 0 Å². The summed E-state index contributed by atoms with van der Waals surface area (Å²) in [4.78, 5) is 0. The first kappa shape index (κ1) is 8.48. The molecule has 12 heavy (non-hydrogen) atoms. The van der Waals surface area contributed by atoms with E-state index in [1.54, 1.807) is 0 Å². The number of ether oxygens (including phenoxy) is 1. The van der Waals surface area contributed by atoms with Crippen molar-refractivity contribution in [2.24, 2.45) is 5.41 Å². The van der Waals surface area contributed by atoms with Crippen molar-refractivity contribution in [3.63, 3.8) is 0 Å². The van der Waals surface area contributed by atoms with Crippen molar-refractivity contribution in [1.82, 2.24) is 0 Å². The van der Waals surface area contributed by atoms with Gasteiger partial charge in [0.15, 0.2) is 0 Å². The van der Waals surface area contributed by atoms with Gasteiger partial charge in [0.1, 0.15) is 0 Å². The summed E-state index contributed by atoms with van der Waals surface area (Å²) in [6.45, 7) is 1.15. The maximum Gasteiger partial charge on any atom is 0.0979 e. The second-order valence-electron chi connectivity index (χ2n) is 4.13. The van der Waals surface area contributed by atoms with E-state index in [4.69, 9.17) is 4.74 Å². The Morgan fingerprint density at radius 3 is 2.33 bits per heavy atom. The highest BCUT2D eigenvalue weighted by molar-refractivity contribution is 5.05. The average molecular weight is 172 g/mol. The summed E-state index contributed by atoms with van der Waals surface area (Å²) in [7, 11) is 0. The Bertz CT molecular complexity index is 163. The molecule has 1 atom stereocenters. The third-order valence-electron chi connectivity index (χ3n) is 3.60. The summed E-state index contributed by atoms with van der Waals surface area (Å²) in [5.41, 5.74) is -0.969. The Morgan fingerprint density at radius 1 is 1.25 bits per heavy atom. The summed E-state index contributed by atoms with van der Waals surface area (Å²) in [6.07, 6.45) is 3.71. The first-order chi connectivity index (χ1) is 5.72. The lowest BCUT2D eigenvalue weighted by atomic mass is 9.59. The molecule has 0 radical (unpaired) electrons. The van der Waals surface area contributed by atoms with Gasteiger partial charge in [0.05, 0.1) is 18.8 Å². The van der Waals surface area contributed by atoms with Gasteiger partial charge < -0.3 is 14.9 Å². The molecule has 1 aliphatic carbocycles. The van der Waals surface area contributed by atoms with Crippen LogP contribution in [0.2, 0.25) is 0 Å². The molecule has 2 fully saturated rings. The molecule has 3 heteroatoms. The number of hydrogen-bond acceptors (Lipinski definition) is 3. The van der Waals surface area contributed by atoms with Gasteiger partial charge in [-0.15, -0.1) is 0 Å². The third-order valence-corrected chi connectivity index (χ3v) is 3.60. The van der Waals surface area contributed by atoms with Crippen LogP contribution in [0, 0.1) is 5.41 Å². The zero-order chi connectivity index (χ0) is 8.66. The fourth-order valence-corrected chi connectivity index (χ4v) is 2.35. The Hall–Kier alpha value is -0.120. The van der Waals surface area contributed by atoms with E-state index in [-0.39, 0.29) is 12.0 Å². The highest BCUT2D eigenvalue weighted by Crippen LogP contribution is 2.51. The van der Waals surface area contributed by atoms with Crippen LogP contribution in [0.1, 0.15) is 25.7 Å². The van der Waals surface area contributed by atoms with Crippen molar-refractivity contribution in [1.29, 1.82) is 0 Å². The second kappa shape index (κ2) is 2.69. The molecule has 3 nitrogen and oxygen atoms in total. The Balaban J connectivity index is 2.14. The second-order valence-corrected chi connectivity index (χ2v) is 4.13. The summed E-state index contributed by atoms with van der Waals surface area (Å²) < 4.78 is 5.18. The van der Waals surface area contributed by atoms with Crippen LogP contribution < -0.4 is 0 Å². The molecular weight excluding hydrogens is 156 g/mol. The summed E-state index contributed by atoms with van der Waals surface area (Å²) in [6, 6.07) is 0. The minimum atomic E-state index is -0.736. The van der Waals surface area contributed by atoms with Crippen molar-refractivity contribution < 1.29 is 14.9 Å². The molecule has 70 valence electrons. The fraction of sp³-hybridized carbons (Fsp3) is 1.00. The van der Waals surface area contributed by atoms with E-state index in [0.29, 0.717) is 19.6 Å². The predicted molar refractivity (Wildman–Crippen MR) is 43.8 cm³/mol. The van der Waals surface area contributed by atoms with Gasteiger partial charge in [0.2, 0.25) is 0 Å². The van der Waals surface area contributed by atoms with Crippen LogP contribution in [0.25, 0.3) is 0 Å². The predicted octanol–water partition coefficient (Wildman–Crippen LogP) is 0.300. The van der Waals surface area contributed by atoms with Gasteiger partial charge >= 0.3 is 0 Å². The van der Waals surface area contributed by atoms with E-state index in [1.807, 2.05) is 0 Å². The van der Waals surface area contributed by atoms with E-state index in [9.17, 15) is 10.2 Å². The molecule has 0 aromatic carbocycles. The van der Waals surface area contributed by atoms with Crippen LogP contribution in [0.5, 0.6) is 0 Å². The van der Waals surface area contributed by atoms with Crippen LogP contribution >= 0.6 is 0 Å². The molecule has 2 N–H and O–H groups in total. The smallest absolute Gasteiger partial charge is 0.0979 e. The molecule has 0 spiro atoms. The average Bonchev–Trinajstić information content (AvgIpc) is 2.35. The lowest BCUT2D eigenvalue weighted by molar-refractivity contribution is -0.149. The first-order valence-electron chi connectivity index (χ1n) is 4.63. The zero-order valence-corrected chi connectivity index (χ0v) is 7.25. The van der Waals surface area contributed by atoms with Crippen LogP contribution in [0.3, 0.4) is 0 Å². The van der Waals surface area contributed by atoms with Gasteiger partial charge in [0.25, 0.3) is 0 Å². The van der Waals surface area contributed by atoms with Crippen molar-refractivity contribution in [3.05, 3.63) is 0 Å². The van der Waals surface area contributed by atoms with Crippen molar-refractivity contribution in [2.75, 3.05) is 19.8 Å². The topological polar surface area (TPSA) is 49.7 Å². The molecule has 0 bridgehead atoms. The number of aliphatic hydroxyl groups is 2. The van der Waals surface area contributed by atoms with Gasteiger partial charge in [-0.05, 0) is 12.8 Å². The molecular formula is C9H16O3. The summed E-state index contributed by atoms with van der Waals surface area (Å²) in [5.74, 6) is 0. The lowest BCUT2D eigenvalue weighted by Gasteiger charge is -2.50. The Morgan fingerprint density at radius 2 is 2.00 bits per heavy atom. The number of hydrogen-bond donors (Lipinski definition) is 2. The fourth-order valence-electron chi connectivity index (χ4n) is 2.35. The van der Waals surface area contributed by atoms with Crippen molar-refractivity contribution >= 4 is 0 Å². The summed E-state index contributed by atoms with van der Waals surface area (Å²) in [5, 5.41) is 19.4. The number of rotatable bonds is 2. The molecule has 2 rings (SSSR count). The van der Waals surface area contributed by atoms with Gasteiger partial charge in [0, 0.05) is 18.4 Å². The quantitative estimate of drug-likeness (QED) is 0.630.